The fourth-order valence-electron chi connectivity index (χ4n) is 2.02. The van der Waals surface area contributed by atoms with Gasteiger partial charge in [0.25, 0.3) is 0 Å². The minimum Gasteiger partial charge on any atom is -0.481 e. The van der Waals surface area contributed by atoms with E-state index in [0.29, 0.717) is 0 Å². The summed E-state index contributed by atoms with van der Waals surface area (Å²) in [6.07, 6.45) is 1.56. The summed E-state index contributed by atoms with van der Waals surface area (Å²) in [5.41, 5.74) is 1.31. The van der Waals surface area contributed by atoms with Gasteiger partial charge in [0.1, 0.15) is 0 Å². The highest BCUT2D eigenvalue weighted by molar-refractivity contribution is 9.11. The Labute approximate surface area is 107 Å². The van der Waals surface area contributed by atoms with Gasteiger partial charge >= 0.3 is 5.97 Å². The average Bonchev–Trinajstić information content (AvgIpc) is 2.65. The van der Waals surface area contributed by atoms with Crippen LogP contribution >= 0.6 is 27.3 Å². The molecule has 0 amide bonds. The van der Waals surface area contributed by atoms with Gasteiger partial charge in [-0.25, -0.2) is 0 Å². The summed E-state index contributed by atoms with van der Waals surface area (Å²) in [5, 5.41) is 11.0. The second-order valence-corrected chi connectivity index (χ2v) is 6.44. The molecule has 88 valence electrons. The zero-order valence-corrected chi connectivity index (χ0v) is 11.3. The third-order valence-corrected chi connectivity index (χ3v) is 4.52. The zero-order valence-electron chi connectivity index (χ0n) is 8.86. The second kappa shape index (κ2) is 5.29. The second-order valence-electron chi connectivity index (χ2n) is 4.15. The fourth-order valence-corrected chi connectivity index (χ4v) is 3.23. The molecule has 0 saturated carbocycles. The predicted molar refractivity (Wildman–Crippen MR) is 67.7 cm³/mol. The molecular weight excluding hydrogens is 290 g/mol. The number of piperidine rings is 1. The third-order valence-electron chi connectivity index (χ3n) is 2.96. The summed E-state index contributed by atoms with van der Waals surface area (Å²) < 4.78 is 1.16. The van der Waals surface area contributed by atoms with E-state index in [1.165, 1.54) is 5.56 Å². The van der Waals surface area contributed by atoms with Crippen LogP contribution < -0.4 is 0 Å². The van der Waals surface area contributed by atoms with Gasteiger partial charge in [-0.15, -0.1) is 11.3 Å². The van der Waals surface area contributed by atoms with Crippen molar-refractivity contribution in [1.29, 1.82) is 0 Å². The van der Waals surface area contributed by atoms with E-state index >= 15 is 0 Å². The van der Waals surface area contributed by atoms with Gasteiger partial charge in [-0.1, -0.05) is 0 Å². The molecule has 0 spiro atoms. The molecule has 0 aliphatic carbocycles. The molecule has 1 aromatic heterocycles. The Morgan fingerprint density at radius 1 is 1.56 bits per heavy atom. The van der Waals surface area contributed by atoms with Gasteiger partial charge in [-0.3, -0.25) is 9.69 Å². The van der Waals surface area contributed by atoms with E-state index in [0.717, 1.165) is 36.3 Å². The Kier molecular flexibility index (Phi) is 4.00. The van der Waals surface area contributed by atoms with Crippen molar-refractivity contribution >= 4 is 33.2 Å². The van der Waals surface area contributed by atoms with Gasteiger partial charge in [0.15, 0.2) is 0 Å². The van der Waals surface area contributed by atoms with Crippen LogP contribution in [0.4, 0.5) is 0 Å². The van der Waals surface area contributed by atoms with Crippen LogP contribution in [0.15, 0.2) is 15.2 Å². The summed E-state index contributed by atoms with van der Waals surface area (Å²) in [7, 11) is 0. The predicted octanol–water partition coefficient (Wildman–Crippen LogP) is 2.81. The lowest BCUT2D eigenvalue weighted by atomic mass is 9.97. The first-order valence-electron chi connectivity index (χ1n) is 5.33. The molecule has 0 radical (unpaired) electrons. The minimum atomic E-state index is -0.641. The van der Waals surface area contributed by atoms with Crippen LogP contribution in [0.3, 0.4) is 0 Å². The summed E-state index contributed by atoms with van der Waals surface area (Å²) in [5.74, 6) is -0.775. The molecule has 5 heteroatoms. The SMILES string of the molecule is O=C(O)C1CCN(Cc2csc(Br)c2)CC1. The van der Waals surface area contributed by atoms with Crippen molar-refractivity contribution in [2.75, 3.05) is 13.1 Å². The van der Waals surface area contributed by atoms with E-state index in [4.69, 9.17) is 5.11 Å². The number of halogens is 1. The Bertz CT molecular complexity index is 372. The molecule has 0 unspecified atom stereocenters. The molecule has 1 fully saturated rings. The fraction of sp³-hybridized carbons (Fsp3) is 0.545. The molecule has 1 aromatic rings. The number of nitrogens with zero attached hydrogens (tertiary/aromatic N) is 1. The smallest absolute Gasteiger partial charge is 0.306 e. The van der Waals surface area contributed by atoms with E-state index < -0.39 is 5.97 Å². The molecular formula is C11H14BrNO2S. The molecule has 2 rings (SSSR count). The van der Waals surface area contributed by atoms with Gasteiger partial charge in [0.2, 0.25) is 0 Å². The Hall–Kier alpha value is -0.390. The largest absolute Gasteiger partial charge is 0.481 e. The monoisotopic (exact) mass is 303 g/mol. The number of thiophene rings is 1. The molecule has 1 aliphatic heterocycles. The molecule has 0 aromatic carbocycles. The highest BCUT2D eigenvalue weighted by Crippen LogP contribution is 2.24. The molecule has 1 saturated heterocycles. The Balaban J connectivity index is 1.83. The number of aliphatic carboxylic acids is 1. The van der Waals surface area contributed by atoms with Crippen LogP contribution in [-0.4, -0.2) is 29.1 Å². The maximum Gasteiger partial charge on any atom is 0.306 e. The minimum absolute atomic E-state index is 0.134. The molecule has 0 bridgehead atoms. The molecule has 0 atom stereocenters. The number of hydrogen-bond donors (Lipinski definition) is 1. The summed E-state index contributed by atoms with van der Waals surface area (Å²) in [4.78, 5) is 13.1. The highest BCUT2D eigenvalue weighted by atomic mass is 79.9. The van der Waals surface area contributed by atoms with Crippen molar-refractivity contribution in [2.24, 2.45) is 5.92 Å². The van der Waals surface area contributed by atoms with E-state index in [9.17, 15) is 4.79 Å². The number of carboxylic acid groups (broad SMARTS) is 1. The van der Waals surface area contributed by atoms with E-state index in [1.807, 2.05) is 0 Å². The lowest BCUT2D eigenvalue weighted by molar-refractivity contribution is -0.143. The lowest BCUT2D eigenvalue weighted by Gasteiger charge is -2.29. The Morgan fingerprint density at radius 2 is 2.25 bits per heavy atom. The van der Waals surface area contributed by atoms with Gasteiger partial charge in [-0.05, 0) is 58.9 Å². The van der Waals surface area contributed by atoms with Crippen LogP contribution in [0.2, 0.25) is 0 Å². The van der Waals surface area contributed by atoms with Gasteiger partial charge < -0.3 is 5.11 Å². The topological polar surface area (TPSA) is 40.5 Å². The standard InChI is InChI=1S/C11H14BrNO2S/c12-10-5-8(7-16-10)6-13-3-1-9(2-4-13)11(14)15/h5,7,9H,1-4,6H2,(H,14,15). The number of carbonyl (C=O) groups is 1. The van der Waals surface area contributed by atoms with Crippen molar-refractivity contribution in [2.45, 2.75) is 19.4 Å². The number of hydrogen-bond acceptors (Lipinski definition) is 3. The van der Waals surface area contributed by atoms with Gasteiger partial charge in [0.05, 0.1) is 9.70 Å². The normalized spacial score (nSPS) is 18.8. The number of carboxylic acids is 1. The third kappa shape index (κ3) is 3.06. The van der Waals surface area contributed by atoms with E-state index in [2.05, 4.69) is 32.3 Å². The highest BCUT2D eigenvalue weighted by Gasteiger charge is 2.24. The number of likely N-dealkylation sites (tertiary alicyclic amines) is 1. The molecule has 1 N–H and O–H groups in total. The van der Waals surface area contributed by atoms with Gasteiger partial charge in [0, 0.05) is 6.54 Å². The van der Waals surface area contributed by atoms with Crippen LogP contribution in [0.5, 0.6) is 0 Å². The van der Waals surface area contributed by atoms with Crippen LogP contribution in [-0.2, 0) is 11.3 Å². The number of rotatable bonds is 3. The summed E-state index contributed by atoms with van der Waals surface area (Å²) >= 11 is 5.14. The van der Waals surface area contributed by atoms with Crippen molar-refractivity contribution in [3.05, 3.63) is 20.8 Å². The first-order valence-corrected chi connectivity index (χ1v) is 7.00. The van der Waals surface area contributed by atoms with Crippen molar-refractivity contribution in [3.8, 4) is 0 Å². The van der Waals surface area contributed by atoms with E-state index in [1.54, 1.807) is 11.3 Å². The maximum atomic E-state index is 10.8. The van der Waals surface area contributed by atoms with Crippen LogP contribution in [0.25, 0.3) is 0 Å². The zero-order chi connectivity index (χ0) is 11.5. The van der Waals surface area contributed by atoms with Crippen molar-refractivity contribution in [1.82, 2.24) is 4.90 Å². The molecule has 3 nitrogen and oxygen atoms in total. The first kappa shape index (κ1) is 12.1. The molecule has 16 heavy (non-hydrogen) atoms. The average molecular weight is 304 g/mol. The summed E-state index contributed by atoms with van der Waals surface area (Å²) in [6.45, 7) is 2.73. The molecule has 1 aliphatic rings. The van der Waals surface area contributed by atoms with E-state index in [-0.39, 0.29) is 5.92 Å². The van der Waals surface area contributed by atoms with Crippen molar-refractivity contribution in [3.63, 3.8) is 0 Å². The molecule has 2 heterocycles. The van der Waals surface area contributed by atoms with Gasteiger partial charge in [-0.2, -0.15) is 0 Å². The van der Waals surface area contributed by atoms with Crippen molar-refractivity contribution < 1.29 is 9.90 Å². The maximum absolute atomic E-state index is 10.8. The van der Waals surface area contributed by atoms with Crippen LogP contribution in [0, 0.1) is 5.92 Å². The van der Waals surface area contributed by atoms with Crippen LogP contribution in [0.1, 0.15) is 18.4 Å². The first-order chi connectivity index (χ1) is 7.65. The quantitative estimate of drug-likeness (QED) is 0.933. The summed E-state index contributed by atoms with van der Waals surface area (Å²) in [6, 6.07) is 2.13. The lowest BCUT2D eigenvalue weighted by Crippen LogP contribution is -2.35. The Morgan fingerprint density at radius 3 is 2.75 bits per heavy atom.